The van der Waals surface area contributed by atoms with Crippen molar-refractivity contribution in [3.05, 3.63) is 29.8 Å². The van der Waals surface area contributed by atoms with Gasteiger partial charge in [-0.25, -0.2) is 18.2 Å². The molecule has 1 aliphatic heterocycles. The molecule has 1 saturated heterocycles. The lowest BCUT2D eigenvalue weighted by atomic mass is 10.2. The third-order valence-electron chi connectivity index (χ3n) is 2.64. The minimum atomic E-state index is -3.38. The smallest absolute Gasteiger partial charge is 0.235 e. The molecule has 1 aromatic rings. The molecule has 5 nitrogen and oxygen atoms in total. The number of hydrogen-bond acceptors (Lipinski definition) is 5. The van der Waals surface area contributed by atoms with Crippen molar-refractivity contribution in [3.63, 3.8) is 0 Å². The molecule has 6 heteroatoms. The van der Waals surface area contributed by atoms with Gasteiger partial charge in [-0.15, -0.1) is 0 Å². The van der Waals surface area contributed by atoms with Gasteiger partial charge in [0.1, 0.15) is 5.25 Å². The first-order valence-electron chi connectivity index (χ1n) is 5.09. The van der Waals surface area contributed by atoms with Crippen LogP contribution in [0.3, 0.4) is 0 Å². The fourth-order valence-electron chi connectivity index (χ4n) is 1.60. The van der Waals surface area contributed by atoms with Gasteiger partial charge in [-0.1, -0.05) is 18.2 Å². The number of isocyanates is 1. The normalized spacial score (nSPS) is 16.0. The van der Waals surface area contributed by atoms with Crippen LogP contribution in [0.5, 0.6) is 0 Å². The Balaban J connectivity index is 2.40. The predicted octanol–water partition coefficient (Wildman–Crippen LogP) is 0.695. The summed E-state index contributed by atoms with van der Waals surface area (Å²) in [6.45, 7) is 0.494. The van der Waals surface area contributed by atoms with E-state index in [1.165, 1.54) is 12.1 Å². The molecular formula is C11H11NO4S. The molecule has 0 saturated carbocycles. The zero-order chi connectivity index (χ0) is 12.3. The van der Waals surface area contributed by atoms with Crippen LogP contribution in [0, 0.1) is 0 Å². The maximum absolute atomic E-state index is 12.2. The van der Waals surface area contributed by atoms with Gasteiger partial charge in [0.15, 0.2) is 9.84 Å². The van der Waals surface area contributed by atoms with Crippen molar-refractivity contribution in [1.29, 1.82) is 0 Å². The summed E-state index contributed by atoms with van der Waals surface area (Å²) in [5.74, 6) is 0. The third-order valence-corrected chi connectivity index (χ3v) is 4.80. The van der Waals surface area contributed by atoms with E-state index in [0.29, 0.717) is 5.56 Å². The monoisotopic (exact) mass is 253 g/mol. The Hall–Kier alpha value is -1.49. The Labute approximate surface area is 99.0 Å². The number of carbonyl (C=O) groups excluding carboxylic acids is 1. The van der Waals surface area contributed by atoms with E-state index in [1.807, 2.05) is 0 Å². The SMILES string of the molecule is O=C=NCc1ccccc1S(=O)(=O)C1COC1. The van der Waals surface area contributed by atoms with Gasteiger partial charge in [0.05, 0.1) is 24.7 Å². The second-order valence-corrected chi connectivity index (χ2v) is 5.92. The summed E-state index contributed by atoms with van der Waals surface area (Å²) in [4.78, 5) is 13.7. The Kier molecular flexibility index (Phi) is 3.38. The molecule has 0 aliphatic carbocycles. The highest BCUT2D eigenvalue weighted by molar-refractivity contribution is 7.92. The van der Waals surface area contributed by atoms with Gasteiger partial charge in [0.2, 0.25) is 6.08 Å². The van der Waals surface area contributed by atoms with Crippen molar-refractivity contribution < 1.29 is 17.9 Å². The lowest BCUT2D eigenvalue weighted by molar-refractivity contribution is 0.0416. The lowest BCUT2D eigenvalue weighted by Crippen LogP contribution is -2.40. The Morgan fingerprint density at radius 2 is 2.06 bits per heavy atom. The number of rotatable bonds is 4. The summed E-state index contributed by atoms with van der Waals surface area (Å²) in [6.07, 6.45) is 1.41. The van der Waals surface area contributed by atoms with Crippen molar-refractivity contribution in [1.82, 2.24) is 0 Å². The molecule has 0 bridgehead atoms. The van der Waals surface area contributed by atoms with E-state index in [2.05, 4.69) is 4.99 Å². The van der Waals surface area contributed by atoms with Crippen molar-refractivity contribution in [3.8, 4) is 0 Å². The van der Waals surface area contributed by atoms with Gasteiger partial charge < -0.3 is 4.74 Å². The molecular weight excluding hydrogens is 242 g/mol. The maximum atomic E-state index is 12.2. The molecule has 1 aliphatic rings. The van der Waals surface area contributed by atoms with E-state index >= 15 is 0 Å². The Bertz CT molecular complexity index is 557. The van der Waals surface area contributed by atoms with Crippen LogP contribution in [-0.2, 0) is 25.9 Å². The average Bonchev–Trinajstić information content (AvgIpc) is 2.23. The second kappa shape index (κ2) is 4.79. The molecule has 0 aromatic heterocycles. The number of nitrogens with zero attached hydrogens (tertiary/aromatic N) is 1. The summed E-state index contributed by atoms with van der Waals surface area (Å²) < 4.78 is 29.3. The van der Waals surface area contributed by atoms with E-state index < -0.39 is 15.1 Å². The van der Waals surface area contributed by atoms with Gasteiger partial charge in [-0.05, 0) is 11.6 Å². The number of ether oxygens (including phenoxy) is 1. The predicted molar refractivity (Wildman–Crippen MR) is 60.1 cm³/mol. The molecule has 90 valence electrons. The van der Waals surface area contributed by atoms with Crippen LogP contribution in [0.4, 0.5) is 0 Å². The molecule has 0 N–H and O–H groups in total. The average molecular weight is 253 g/mol. The number of hydrogen-bond donors (Lipinski definition) is 0. The van der Waals surface area contributed by atoms with Crippen LogP contribution >= 0.6 is 0 Å². The zero-order valence-corrected chi connectivity index (χ0v) is 9.81. The van der Waals surface area contributed by atoms with Crippen LogP contribution in [0.15, 0.2) is 34.2 Å². The van der Waals surface area contributed by atoms with Crippen molar-refractivity contribution in [2.24, 2.45) is 4.99 Å². The number of aliphatic imine (C=N–C) groups is 1. The minimum Gasteiger partial charge on any atom is -0.379 e. The van der Waals surface area contributed by atoms with E-state index in [0.717, 1.165) is 0 Å². The summed E-state index contributed by atoms with van der Waals surface area (Å²) in [5, 5.41) is -0.483. The van der Waals surface area contributed by atoms with E-state index in [1.54, 1.807) is 18.2 Å². The minimum absolute atomic E-state index is 0.0342. The van der Waals surface area contributed by atoms with Crippen molar-refractivity contribution >= 4 is 15.9 Å². The van der Waals surface area contributed by atoms with Crippen LogP contribution < -0.4 is 0 Å². The highest BCUT2D eigenvalue weighted by Crippen LogP contribution is 2.24. The van der Waals surface area contributed by atoms with Crippen LogP contribution in [0.2, 0.25) is 0 Å². The molecule has 2 rings (SSSR count). The van der Waals surface area contributed by atoms with Gasteiger partial charge in [-0.3, -0.25) is 0 Å². The zero-order valence-electron chi connectivity index (χ0n) is 9.00. The molecule has 0 radical (unpaired) electrons. The fourth-order valence-corrected chi connectivity index (χ4v) is 3.28. The van der Waals surface area contributed by atoms with E-state index in [4.69, 9.17) is 4.74 Å². The molecule has 0 atom stereocenters. The second-order valence-electron chi connectivity index (χ2n) is 3.72. The van der Waals surface area contributed by atoms with Gasteiger partial charge in [0.25, 0.3) is 0 Å². The van der Waals surface area contributed by atoms with Crippen LogP contribution in [-0.4, -0.2) is 33.0 Å². The van der Waals surface area contributed by atoms with E-state index in [9.17, 15) is 13.2 Å². The van der Waals surface area contributed by atoms with Crippen LogP contribution in [0.1, 0.15) is 5.56 Å². The highest BCUT2D eigenvalue weighted by Gasteiger charge is 2.34. The Morgan fingerprint density at radius 3 is 2.65 bits per heavy atom. The summed E-state index contributed by atoms with van der Waals surface area (Å²) in [7, 11) is -3.38. The molecule has 1 heterocycles. The van der Waals surface area contributed by atoms with E-state index in [-0.39, 0.29) is 24.7 Å². The van der Waals surface area contributed by atoms with Gasteiger partial charge >= 0.3 is 0 Å². The highest BCUT2D eigenvalue weighted by atomic mass is 32.2. The largest absolute Gasteiger partial charge is 0.379 e. The first-order chi connectivity index (χ1) is 8.16. The summed E-state index contributed by atoms with van der Waals surface area (Å²) in [5.41, 5.74) is 0.516. The lowest BCUT2D eigenvalue weighted by Gasteiger charge is -2.26. The molecule has 17 heavy (non-hydrogen) atoms. The summed E-state index contributed by atoms with van der Waals surface area (Å²) in [6, 6.07) is 6.54. The fraction of sp³-hybridized carbons (Fsp3) is 0.364. The first-order valence-corrected chi connectivity index (χ1v) is 6.64. The van der Waals surface area contributed by atoms with Crippen molar-refractivity contribution in [2.75, 3.05) is 13.2 Å². The maximum Gasteiger partial charge on any atom is 0.235 e. The summed E-state index contributed by atoms with van der Waals surface area (Å²) >= 11 is 0. The van der Waals surface area contributed by atoms with Gasteiger partial charge in [0, 0.05) is 0 Å². The molecule has 1 aromatic carbocycles. The molecule has 0 amide bonds. The van der Waals surface area contributed by atoms with Gasteiger partial charge in [-0.2, -0.15) is 0 Å². The quantitative estimate of drug-likeness (QED) is 0.584. The Morgan fingerprint density at radius 1 is 1.35 bits per heavy atom. The standard InChI is InChI=1S/C11H11NO4S/c13-8-12-5-9-3-1-2-4-11(9)17(14,15)10-6-16-7-10/h1-4,10H,5-7H2. The molecule has 0 spiro atoms. The number of benzene rings is 1. The first kappa shape index (κ1) is 12.0. The van der Waals surface area contributed by atoms with Crippen LogP contribution in [0.25, 0.3) is 0 Å². The topological polar surface area (TPSA) is 72.8 Å². The van der Waals surface area contributed by atoms with Crippen molar-refractivity contribution in [2.45, 2.75) is 16.7 Å². The molecule has 1 fully saturated rings. The molecule has 0 unspecified atom stereocenters. The number of sulfone groups is 1. The third kappa shape index (κ3) is 2.29.